The molecule has 1 aliphatic rings. The molecule has 0 aliphatic carbocycles. The highest BCUT2D eigenvalue weighted by molar-refractivity contribution is 5.90. The number of hydrazine groups is 1. The standard InChI is InChI=1S/C20H14N4O6/c25-20(22-21-15-10-9-12(23(26)27)11-16(15)24(28)29)19-13-5-1-3-7-17(13)30-18-8-4-2-6-14(18)19/h1-11,19,21H,(H,22,25). The van der Waals surface area contributed by atoms with Gasteiger partial charge in [-0.15, -0.1) is 0 Å². The molecule has 0 spiro atoms. The van der Waals surface area contributed by atoms with Crippen LogP contribution in [0.4, 0.5) is 17.1 Å². The molecule has 0 saturated carbocycles. The summed E-state index contributed by atoms with van der Waals surface area (Å²) in [6.45, 7) is 0. The van der Waals surface area contributed by atoms with Crippen LogP contribution in [-0.2, 0) is 4.79 Å². The summed E-state index contributed by atoms with van der Waals surface area (Å²) in [5, 5.41) is 22.2. The molecule has 4 rings (SSSR count). The predicted molar refractivity (Wildman–Crippen MR) is 106 cm³/mol. The molecule has 0 aromatic heterocycles. The van der Waals surface area contributed by atoms with Crippen LogP contribution in [0.3, 0.4) is 0 Å². The fraction of sp³-hybridized carbons (Fsp3) is 0.0500. The monoisotopic (exact) mass is 406 g/mol. The lowest BCUT2D eigenvalue weighted by molar-refractivity contribution is -0.393. The van der Waals surface area contributed by atoms with Gasteiger partial charge in [-0.05, 0) is 18.2 Å². The van der Waals surface area contributed by atoms with Gasteiger partial charge in [0.1, 0.15) is 17.2 Å². The van der Waals surface area contributed by atoms with Gasteiger partial charge in [-0.3, -0.25) is 35.9 Å². The molecule has 1 amide bonds. The number of carbonyl (C=O) groups is 1. The van der Waals surface area contributed by atoms with Gasteiger partial charge in [0.15, 0.2) is 0 Å². The number of carbonyl (C=O) groups excluding carboxylic acids is 1. The summed E-state index contributed by atoms with van der Waals surface area (Å²) in [4.78, 5) is 33.7. The zero-order valence-corrected chi connectivity index (χ0v) is 15.3. The number of amides is 1. The van der Waals surface area contributed by atoms with Gasteiger partial charge in [-0.2, -0.15) is 0 Å². The number of benzene rings is 3. The van der Waals surface area contributed by atoms with E-state index in [-0.39, 0.29) is 5.69 Å². The van der Waals surface area contributed by atoms with Crippen molar-refractivity contribution in [2.24, 2.45) is 0 Å². The summed E-state index contributed by atoms with van der Waals surface area (Å²) in [6.07, 6.45) is 0. The van der Waals surface area contributed by atoms with Crippen LogP contribution in [0, 0.1) is 20.2 Å². The fourth-order valence-corrected chi connectivity index (χ4v) is 3.28. The molecule has 0 bridgehead atoms. The number of nitro benzene ring substituents is 2. The summed E-state index contributed by atoms with van der Waals surface area (Å²) >= 11 is 0. The number of anilines is 1. The second-order valence-corrected chi connectivity index (χ2v) is 6.44. The van der Waals surface area contributed by atoms with E-state index in [2.05, 4.69) is 10.9 Å². The van der Waals surface area contributed by atoms with Crippen LogP contribution in [0.25, 0.3) is 0 Å². The third-order valence-corrected chi connectivity index (χ3v) is 4.65. The molecule has 0 radical (unpaired) electrons. The highest BCUT2D eigenvalue weighted by atomic mass is 16.6. The van der Waals surface area contributed by atoms with E-state index >= 15 is 0 Å². The Bertz CT molecular complexity index is 1130. The number of nitrogens with one attached hydrogen (secondary N) is 2. The Kier molecular flexibility index (Phi) is 4.72. The number of hydrogen-bond donors (Lipinski definition) is 2. The third kappa shape index (κ3) is 3.37. The van der Waals surface area contributed by atoms with Crippen molar-refractivity contribution in [2.75, 3.05) is 5.43 Å². The Morgan fingerprint density at radius 1 is 0.867 bits per heavy atom. The van der Waals surface area contributed by atoms with Gasteiger partial charge < -0.3 is 4.74 Å². The van der Waals surface area contributed by atoms with Gasteiger partial charge >= 0.3 is 5.69 Å². The van der Waals surface area contributed by atoms with Crippen molar-refractivity contribution in [3.8, 4) is 11.5 Å². The summed E-state index contributed by atoms with van der Waals surface area (Å²) in [5.41, 5.74) is 5.25. The number of para-hydroxylation sites is 2. The number of fused-ring (bicyclic) bond motifs is 2. The molecule has 0 fully saturated rings. The Morgan fingerprint density at radius 3 is 2.03 bits per heavy atom. The summed E-state index contributed by atoms with van der Waals surface area (Å²) in [5.74, 6) is -0.100. The first-order chi connectivity index (χ1) is 14.5. The van der Waals surface area contributed by atoms with Gasteiger partial charge in [0, 0.05) is 17.2 Å². The highest BCUT2D eigenvalue weighted by Crippen LogP contribution is 2.43. The topological polar surface area (TPSA) is 137 Å². The average molecular weight is 406 g/mol. The summed E-state index contributed by atoms with van der Waals surface area (Å²) in [6, 6.07) is 17.3. The van der Waals surface area contributed by atoms with Gasteiger partial charge in [0.05, 0.1) is 21.8 Å². The van der Waals surface area contributed by atoms with E-state index in [9.17, 15) is 25.0 Å². The molecule has 3 aromatic carbocycles. The largest absolute Gasteiger partial charge is 0.457 e. The Balaban J connectivity index is 1.63. The average Bonchev–Trinajstić information content (AvgIpc) is 2.75. The SMILES string of the molecule is O=C(NNc1ccc([N+](=O)[O-])cc1[N+](=O)[O-])C1c2ccccc2Oc2ccccc21. The number of ether oxygens (including phenoxy) is 1. The lowest BCUT2D eigenvalue weighted by Crippen LogP contribution is -2.35. The maximum absolute atomic E-state index is 13.0. The van der Waals surface area contributed by atoms with E-state index in [1.807, 2.05) is 0 Å². The molecule has 1 heterocycles. The predicted octanol–water partition coefficient (Wildman–Crippen LogP) is 3.88. The minimum absolute atomic E-state index is 0.0763. The zero-order valence-electron chi connectivity index (χ0n) is 15.3. The van der Waals surface area contributed by atoms with E-state index in [1.54, 1.807) is 48.5 Å². The van der Waals surface area contributed by atoms with Crippen molar-refractivity contribution >= 4 is 23.0 Å². The molecule has 30 heavy (non-hydrogen) atoms. The molecule has 1 aliphatic heterocycles. The molecule has 2 N–H and O–H groups in total. The van der Waals surface area contributed by atoms with Gasteiger partial charge in [0.25, 0.3) is 11.6 Å². The second-order valence-electron chi connectivity index (χ2n) is 6.44. The quantitative estimate of drug-likeness (QED) is 0.484. The number of nitrogens with zero attached hydrogens (tertiary/aromatic N) is 2. The lowest BCUT2D eigenvalue weighted by atomic mass is 9.87. The summed E-state index contributed by atoms with van der Waals surface area (Å²) in [7, 11) is 0. The van der Waals surface area contributed by atoms with Crippen LogP contribution in [0.2, 0.25) is 0 Å². The second kappa shape index (κ2) is 7.51. The van der Waals surface area contributed by atoms with E-state index < -0.39 is 33.0 Å². The highest BCUT2D eigenvalue weighted by Gasteiger charge is 2.32. The van der Waals surface area contributed by atoms with Crippen LogP contribution in [0.5, 0.6) is 11.5 Å². The van der Waals surface area contributed by atoms with E-state index in [1.165, 1.54) is 6.07 Å². The normalized spacial score (nSPS) is 12.1. The molecule has 10 nitrogen and oxygen atoms in total. The molecule has 0 unspecified atom stereocenters. The minimum atomic E-state index is -0.763. The number of rotatable bonds is 5. The summed E-state index contributed by atoms with van der Waals surface area (Å²) < 4.78 is 5.85. The van der Waals surface area contributed by atoms with Crippen molar-refractivity contribution in [3.63, 3.8) is 0 Å². The maximum atomic E-state index is 13.0. The molecule has 10 heteroatoms. The number of non-ortho nitro benzene ring substituents is 1. The zero-order chi connectivity index (χ0) is 21.3. The van der Waals surface area contributed by atoms with Crippen molar-refractivity contribution in [2.45, 2.75) is 5.92 Å². The smallest absolute Gasteiger partial charge is 0.300 e. The molecule has 3 aromatic rings. The lowest BCUT2D eigenvalue weighted by Gasteiger charge is -2.27. The van der Waals surface area contributed by atoms with Crippen LogP contribution in [0.1, 0.15) is 17.0 Å². The van der Waals surface area contributed by atoms with Gasteiger partial charge in [-0.25, -0.2) is 0 Å². The van der Waals surface area contributed by atoms with E-state index in [4.69, 9.17) is 4.74 Å². The first-order valence-electron chi connectivity index (χ1n) is 8.80. The fourth-order valence-electron chi connectivity index (χ4n) is 3.28. The van der Waals surface area contributed by atoms with Crippen LogP contribution < -0.4 is 15.6 Å². The van der Waals surface area contributed by atoms with Gasteiger partial charge in [0.2, 0.25) is 0 Å². The Morgan fingerprint density at radius 2 is 1.47 bits per heavy atom. The van der Waals surface area contributed by atoms with Crippen LogP contribution >= 0.6 is 0 Å². The molecule has 150 valence electrons. The van der Waals surface area contributed by atoms with E-state index in [0.29, 0.717) is 22.6 Å². The van der Waals surface area contributed by atoms with Crippen molar-refractivity contribution in [1.82, 2.24) is 5.43 Å². The third-order valence-electron chi connectivity index (χ3n) is 4.65. The van der Waals surface area contributed by atoms with Crippen molar-refractivity contribution < 1.29 is 19.4 Å². The van der Waals surface area contributed by atoms with Gasteiger partial charge in [-0.1, -0.05) is 36.4 Å². The van der Waals surface area contributed by atoms with Crippen molar-refractivity contribution in [3.05, 3.63) is 98.1 Å². The van der Waals surface area contributed by atoms with Crippen LogP contribution in [-0.4, -0.2) is 15.8 Å². The van der Waals surface area contributed by atoms with E-state index in [0.717, 1.165) is 12.1 Å². The number of nitro groups is 2. The maximum Gasteiger partial charge on any atom is 0.300 e. The molecule has 0 saturated heterocycles. The minimum Gasteiger partial charge on any atom is -0.457 e. The van der Waals surface area contributed by atoms with Crippen molar-refractivity contribution in [1.29, 1.82) is 0 Å². The first-order valence-corrected chi connectivity index (χ1v) is 8.80. The molecular weight excluding hydrogens is 392 g/mol. The number of hydrogen-bond acceptors (Lipinski definition) is 7. The Labute approximate surface area is 169 Å². The van der Waals surface area contributed by atoms with Crippen LogP contribution in [0.15, 0.2) is 66.7 Å². The first kappa shape index (κ1) is 18.9. The molecular formula is C20H14N4O6. The molecule has 0 atom stereocenters. The Hall–Kier alpha value is -4.47.